The number of hydrogen-bond donors (Lipinski definition) is 1. The first-order valence-electron chi connectivity index (χ1n) is 5.24. The zero-order valence-corrected chi connectivity index (χ0v) is 10.6. The lowest BCUT2D eigenvalue weighted by Gasteiger charge is -1.98. The third-order valence-electron chi connectivity index (χ3n) is 2.69. The Bertz CT molecular complexity index is 720. The molecule has 3 rings (SSSR count). The second-order valence-electron chi connectivity index (χ2n) is 3.87. The zero-order chi connectivity index (χ0) is 12.7. The SMILES string of the molecule is Fc1ccc(-c2[nH]c3ncc(F)cc3c2Br)cc1. The van der Waals surface area contributed by atoms with Gasteiger partial charge in [0.1, 0.15) is 17.3 Å². The minimum absolute atomic E-state index is 0.296. The van der Waals surface area contributed by atoms with Gasteiger partial charge in [-0.1, -0.05) is 0 Å². The van der Waals surface area contributed by atoms with Crippen molar-refractivity contribution in [2.75, 3.05) is 0 Å². The molecule has 0 unspecified atom stereocenters. The number of aromatic nitrogens is 2. The van der Waals surface area contributed by atoms with Crippen molar-refractivity contribution >= 4 is 27.0 Å². The Kier molecular flexibility index (Phi) is 2.63. The minimum atomic E-state index is -0.396. The first kappa shape index (κ1) is 11.3. The predicted octanol–water partition coefficient (Wildman–Crippen LogP) is 4.27. The van der Waals surface area contributed by atoms with Crippen LogP contribution in [0.15, 0.2) is 41.0 Å². The molecule has 0 amide bonds. The van der Waals surface area contributed by atoms with Gasteiger partial charge in [-0.2, -0.15) is 0 Å². The van der Waals surface area contributed by atoms with Crippen molar-refractivity contribution in [1.29, 1.82) is 0 Å². The normalized spacial score (nSPS) is 11.1. The molecule has 0 spiro atoms. The smallest absolute Gasteiger partial charge is 0.142 e. The van der Waals surface area contributed by atoms with E-state index in [4.69, 9.17) is 0 Å². The standard InChI is InChI=1S/C13H7BrF2N2/c14-11-10-5-9(16)6-17-13(10)18-12(11)7-1-3-8(15)4-2-7/h1-6H,(H,17,18). The number of pyridine rings is 1. The van der Waals surface area contributed by atoms with Crippen LogP contribution in [0.5, 0.6) is 0 Å². The van der Waals surface area contributed by atoms with Crippen molar-refractivity contribution in [3.05, 3.63) is 52.6 Å². The van der Waals surface area contributed by atoms with Crippen LogP contribution in [-0.2, 0) is 0 Å². The molecule has 1 N–H and O–H groups in total. The van der Waals surface area contributed by atoms with Crippen LogP contribution in [0.4, 0.5) is 8.78 Å². The first-order chi connectivity index (χ1) is 8.65. The van der Waals surface area contributed by atoms with Gasteiger partial charge in [0.25, 0.3) is 0 Å². The highest BCUT2D eigenvalue weighted by molar-refractivity contribution is 9.10. The van der Waals surface area contributed by atoms with E-state index < -0.39 is 5.82 Å². The zero-order valence-electron chi connectivity index (χ0n) is 9.05. The van der Waals surface area contributed by atoms with Crippen LogP contribution in [-0.4, -0.2) is 9.97 Å². The second-order valence-corrected chi connectivity index (χ2v) is 4.66. The number of nitrogens with one attached hydrogen (secondary N) is 1. The summed E-state index contributed by atoms with van der Waals surface area (Å²) >= 11 is 3.41. The number of rotatable bonds is 1. The van der Waals surface area contributed by atoms with Crippen LogP contribution in [0.25, 0.3) is 22.3 Å². The highest BCUT2D eigenvalue weighted by atomic mass is 79.9. The Morgan fingerprint density at radius 3 is 2.50 bits per heavy atom. The van der Waals surface area contributed by atoms with Gasteiger partial charge < -0.3 is 4.98 Å². The van der Waals surface area contributed by atoms with Crippen LogP contribution < -0.4 is 0 Å². The number of benzene rings is 1. The number of H-pyrrole nitrogens is 1. The molecule has 0 atom stereocenters. The number of aromatic amines is 1. The van der Waals surface area contributed by atoms with E-state index in [1.54, 1.807) is 12.1 Å². The fourth-order valence-electron chi connectivity index (χ4n) is 1.83. The Hall–Kier alpha value is -1.75. The van der Waals surface area contributed by atoms with Crippen LogP contribution in [0, 0.1) is 11.6 Å². The first-order valence-corrected chi connectivity index (χ1v) is 6.03. The molecule has 0 aliphatic carbocycles. The number of halogens is 3. The van der Waals surface area contributed by atoms with Crippen molar-refractivity contribution in [1.82, 2.24) is 9.97 Å². The van der Waals surface area contributed by atoms with E-state index in [1.165, 1.54) is 18.2 Å². The molecule has 0 saturated carbocycles. The summed E-state index contributed by atoms with van der Waals surface area (Å²) in [6.07, 6.45) is 1.15. The third-order valence-corrected chi connectivity index (χ3v) is 3.51. The van der Waals surface area contributed by atoms with Gasteiger partial charge >= 0.3 is 0 Å². The van der Waals surface area contributed by atoms with Crippen molar-refractivity contribution < 1.29 is 8.78 Å². The monoisotopic (exact) mass is 308 g/mol. The van der Waals surface area contributed by atoms with Gasteiger partial charge in [0.2, 0.25) is 0 Å². The summed E-state index contributed by atoms with van der Waals surface area (Å²) in [6.45, 7) is 0. The lowest BCUT2D eigenvalue weighted by Crippen LogP contribution is -1.80. The quantitative estimate of drug-likeness (QED) is 0.714. The van der Waals surface area contributed by atoms with Crippen LogP contribution in [0.3, 0.4) is 0 Å². The van der Waals surface area contributed by atoms with Crippen LogP contribution in [0.1, 0.15) is 0 Å². The van der Waals surface area contributed by atoms with Crippen molar-refractivity contribution in [3.8, 4) is 11.3 Å². The lowest BCUT2D eigenvalue weighted by atomic mass is 10.1. The van der Waals surface area contributed by atoms with Crippen molar-refractivity contribution in [3.63, 3.8) is 0 Å². The van der Waals surface area contributed by atoms with Gasteiger partial charge in [0, 0.05) is 5.39 Å². The molecule has 2 aromatic heterocycles. The minimum Gasteiger partial charge on any atom is -0.338 e. The number of fused-ring (bicyclic) bond motifs is 1. The maximum Gasteiger partial charge on any atom is 0.142 e. The van der Waals surface area contributed by atoms with Crippen molar-refractivity contribution in [2.45, 2.75) is 0 Å². The molecule has 2 heterocycles. The van der Waals surface area contributed by atoms with Gasteiger partial charge in [-0.25, -0.2) is 13.8 Å². The van der Waals surface area contributed by atoms with Crippen LogP contribution in [0.2, 0.25) is 0 Å². The second kappa shape index (κ2) is 4.17. The molecule has 0 bridgehead atoms. The average Bonchev–Trinajstić information content (AvgIpc) is 2.68. The summed E-state index contributed by atoms with van der Waals surface area (Å²) in [5.41, 5.74) is 2.15. The molecule has 18 heavy (non-hydrogen) atoms. The Morgan fingerprint density at radius 1 is 1.06 bits per heavy atom. The molecule has 0 aliphatic rings. The molecular formula is C13H7BrF2N2. The molecule has 0 fully saturated rings. The van der Waals surface area contributed by atoms with E-state index in [0.717, 1.165) is 21.9 Å². The Labute approximate surface area is 110 Å². The third kappa shape index (κ3) is 1.80. The van der Waals surface area contributed by atoms with Crippen molar-refractivity contribution in [2.24, 2.45) is 0 Å². The predicted molar refractivity (Wildman–Crippen MR) is 69.1 cm³/mol. The Balaban J connectivity index is 2.23. The summed E-state index contributed by atoms with van der Waals surface area (Å²) in [7, 11) is 0. The molecule has 1 aromatic carbocycles. The molecular weight excluding hydrogens is 302 g/mol. The van der Waals surface area contributed by atoms with E-state index in [0.29, 0.717) is 11.0 Å². The Morgan fingerprint density at radius 2 is 1.78 bits per heavy atom. The molecule has 0 saturated heterocycles. The lowest BCUT2D eigenvalue weighted by molar-refractivity contribution is 0.624. The number of hydrogen-bond acceptors (Lipinski definition) is 1. The molecule has 2 nitrogen and oxygen atoms in total. The summed E-state index contributed by atoms with van der Waals surface area (Å²) in [5, 5.41) is 0.661. The fraction of sp³-hybridized carbons (Fsp3) is 0. The maximum absolute atomic E-state index is 13.1. The van der Waals surface area contributed by atoms with E-state index >= 15 is 0 Å². The highest BCUT2D eigenvalue weighted by Gasteiger charge is 2.12. The van der Waals surface area contributed by atoms with Gasteiger partial charge in [0.15, 0.2) is 0 Å². The topological polar surface area (TPSA) is 28.7 Å². The molecule has 5 heteroatoms. The molecule has 3 aromatic rings. The maximum atomic E-state index is 13.1. The van der Waals surface area contributed by atoms with Gasteiger partial charge in [-0.3, -0.25) is 0 Å². The van der Waals surface area contributed by atoms with E-state index in [-0.39, 0.29) is 5.82 Å². The molecule has 0 radical (unpaired) electrons. The summed E-state index contributed by atoms with van der Waals surface area (Å²) < 4.78 is 26.7. The van der Waals surface area contributed by atoms with Gasteiger partial charge in [-0.05, 0) is 51.8 Å². The summed E-state index contributed by atoms with van der Waals surface area (Å²) in [6, 6.07) is 7.46. The van der Waals surface area contributed by atoms with E-state index in [1.807, 2.05) is 0 Å². The summed E-state index contributed by atoms with van der Waals surface area (Å²) in [5.74, 6) is -0.692. The highest BCUT2D eigenvalue weighted by Crippen LogP contribution is 2.34. The molecule has 90 valence electrons. The fourth-order valence-corrected chi connectivity index (χ4v) is 2.46. The largest absolute Gasteiger partial charge is 0.338 e. The van der Waals surface area contributed by atoms with E-state index in [9.17, 15) is 8.78 Å². The average molecular weight is 309 g/mol. The molecule has 0 aliphatic heterocycles. The van der Waals surface area contributed by atoms with Gasteiger partial charge in [-0.15, -0.1) is 0 Å². The van der Waals surface area contributed by atoms with E-state index in [2.05, 4.69) is 25.9 Å². The summed E-state index contributed by atoms with van der Waals surface area (Å²) in [4.78, 5) is 7.05. The number of nitrogens with zero attached hydrogens (tertiary/aromatic N) is 1. The van der Waals surface area contributed by atoms with Gasteiger partial charge in [0.05, 0.1) is 16.4 Å². The van der Waals surface area contributed by atoms with Crippen LogP contribution >= 0.6 is 15.9 Å².